The van der Waals surface area contributed by atoms with E-state index in [1.54, 1.807) is 48.4 Å². The molecule has 0 aliphatic carbocycles. The second-order valence-electron chi connectivity index (χ2n) is 9.35. The first-order valence-corrected chi connectivity index (χ1v) is 12.4. The largest absolute Gasteiger partial charge is 0.497 e. The van der Waals surface area contributed by atoms with Crippen molar-refractivity contribution in [1.82, 2.24) is 4.90 Å². The van der Waals surface area contributed by atoms with Gasteiger partial charge >= 0.3 is 5.97 Å². The third-order valence-electron chi connectivity index (χ3n) is 7.39. The van der Waals surface area contributed by atoms with E-state index in [2.05, 4.69) is 13.2 Å². The number of benzene rings is 1. The van der Waals surface area contributed by atoms with E-state index in [1.165, 1.54) is 4.90 Å². The van der Waals surface area contributed by atoms with Crippen LogP contribution in [0, 0.1) is 11.8 Å². The van der Waals surface area contributed by atoms with Crippen molar-refractivity contribution in [2.75, 3.05) is 38.3 Å². The molecule has 3 fully saturated rings. The number of aliphatic hydroxyl groups excluding tert-OH is 1. The van der Waals surface area contributed by atoms with Crippen molar-refractivity contribution in [3.63, 3.8) is 0 Å². The van der Waals surface area contributed by atoms with E-state index in [1.807, 2.05) is 0 Å². The maximum absolute atomic E-state index is 14.2. The number of methoxy groups -OCH3 is 1. The topological polar surface area (TPSA) is 106 Å². The molecule has 36 heavy (non-hydrogen) atoms. The van der Waals surface area contributed by atoms with Crippen molar-refractivity contribution < 1.29 is 33.7 Å². The third kappa shape index (κ3) is 4.30. The van der Waals surface area contributed by atoms with Gasteiger partial charge in [-0.15, -0.1) is 13.2 Å². The molecule has 2 bridgehead atoms. The molecule has 3 heterocycles. The van der Waals surface area contributed by atoms with Crippen LogP contribution in [0.15, 0.2) is 49.6 Å². The standard InChI is InChI=1S/C27H34N2O7/c1-4-6-17-35-26(33)21-20-12-13-27(36-20)22(21)24(31)29(15-7-16-30)23(27)25(32)28(14-5-2)18-8-10-19(34-3)11-9-18/h4-5,8-11,20-23,30H,1-2,6-7,12-17H2,3H3/t20-,21+,22-,23?,27?/m0/s1. The predicted molar refractivity (Wildman–Crippen MR) is 132 cm³/mol. The highest BCUT2D eigenvalue weighted by atomic mass is 16.6. The molecular formula is C27H34N2O7. The van der Waals surface area contributed by atoms with E-state index in [9.17, 15) is 19.5 Å². The Balaban J connectivity index is 1.70. The molecule has 1 spiro atoms. The van der Waals surface area contributed by atoms with E-state index >= 15 is 0 Å². The second-order valence-corrected chi connectivity index (χ2v) is 9.35. The Morgan fingerprint density at radius 2 is 2.03 bits per heavy atom. The number of hydrogen-bond donors (Lipinski definition) is 1. The molecular weight excluding hydrogens is 464 g/mol. The predicted octanol–water partition coefficient (Wildman–Crippen LogP) is 2.09. The molecule has 0 aromatic heterocycles. The van der Waals surface area contributed by atoms with Gasteiger partial charge in [0.25, 0.3) is 5.91 Å². The van der Waals surface area contributed by atoms with Crippen LogP contribution in [0.2, 0.25) is 0 Å². The molecule has 194 valence electrons. The number of ether oxygens (including phenoxy) is 3. The minimum Gasteiger partial charge on any atom is -0.497 e. The molecule has 4 rings (SSSR count). The van der Waals surface area contributed by atoms with Gasteiger partial charge in [-0.3, -0.25) is 14.4 Å². The first kappa shape index (κ1) is 25.9. The number of carbonyl (C=O) groups excluding carboxylic acids is 3. The Hall–Kier alpha value is -3.17. The maximum Gasteiger partial charge on any atom is 0.312 e. The molecule has 3 aliphatic rings. The van der Waals surface area contributed by atoms with Crippen molar-refractivity contribution in [3.8, 4) is 5.75 Å². The number of esters is 1. The highest BCUT2D eigenvalue weighted by molar-refractivity contribution is 6.04. The first-order valence-electron chi connectivity index (χ1n) is 12.4. The van der Waals surface area contributed by atoms with E-state index in [4.69, 9.17) is 14.2 Å². The van der Waals surface area contributed by atoms with Crippen LogP contribution in [-0.2, 0) is 23.9 Å². The van der Waals surface area contributed by atoms with Gasteiger partial charge < -0.3 is 29.1 Å². The van der Waals surface area contributed by atoms with Gasteiger partial charge in [0.15, 0.2) is 0 Å². The molecule has 1 N–H and O–H groups in total. The van der Waals surface area contributed by atoms with Crippen LogP contribution in [0.4, 0.5) is 5.69 Å². The normalized spacial score (nSPS) is 28.1. The second kappa shape index (κ2) is 10.8. The Morgan fingerprint density at radius 1 is 1.28 bits per heavy atom. The SMILES string of the molecule is C=CCCOC(=O)[C@@H]1[C@@H]2CCC3(O2)C(C(=O)N(CC=C)c2ccc(OC)cc2)N(CCCO)C(=O)[C@H]13. The highest BCUT2D eigenvalue weighted by Crippen LogP contribution is 2.58. The molecule has 9 heteroatoms. The lowest BCUT2D eigenvalue weighted by atomic mass is 9.70. The van der Waals surface area contributed by atoms with E-state index in [-0.39, 0.29) is 38.1 Å². The number of fused-ring (bicyclic) bond motifs is 1. The third-order valence-corrected chi connectivity index (χ3v) is 7.39. The summed E-state index contributed by atoms with van der Waals surface area (Å²) in [6, 6.07) is 6.14. The van der Waals surface area contributed by atoms with Crippen LogP contribution in [0.1, 0.15) is 25.7 Å². The van der Waals surface area contributed by atoms with Crippen LogP contribution in [0.25, 0.3) is 0 Å². The first-order chi connectivity index (χ1) is 17.4. The average molecular weight is 499 g/mol. The zero-order valence-electron chi connectivity index (χ0n) is 20.6. The summed E-state index contributed by atoms with van der Waals surface area (Å²) in [6.07, 6.45) is 4.67. The van der Waals surface area contributed by atoms with Crippen molar-refractivity contribution >= 4 is 23.5 Å². The summed E-state index contributed by atoms with van der Waals surface area (Å²) in [5.74, 6) is -2.01. The molecule has 0 saturated carbocycles. The van der Waals surface area contributed by atoms with E-state index < -0.39 is 35.6 Å². The Bertz CT molecular complexity index is 1010. The zero-order valence-corrected chi connectivity index (χ0v) is 20.6. The Morgan fingerprint density at radius 3 is 2.67 bits per heavy atom. The van der Waals surface area contributed by atoms with Crippen molar-refractivity contribution in [2.45, 2.75) is 43.4 Å². The van der Waals surface area contributed by atoms with E-state index in [0.29, 0.717) is 37.1 Å². The maximum atomic E-state index is 14.2. The number of nitrogens with zero attached hydrogens (tertiary/aromatic N) is 2. The van der Waals surface area contributed by atoms with Crippen LogP contribution >= 0.6 is 0 Å². The van der Waals surface area contributed by atoms with Gasteiger partial charge in [0.1, 0.15) is 17.4 Å². The quantitative estimate of drug-likeness (QED) is 0.267. The lowest BCUT2D eigenvalue weighted by Gasteiger charge is -2.36. The molecule has 5 atom stereocenters. The fourth-order valence-electron chi connectivity index (χ4n) is 5.88. The minimum atomic E-state index is -1.12. The number of amides is 2. The monoisotopic (exact) mass is 498 g/mol. The van der Waals surface area contributed by atoms with Gasteiger partial charge in [-0.1, -0.05) is 12.2 Å². The molecule has 2 unspecified atom stereocenters. The fraction of sp³-hybridized carbons (Fsp3) is 0.519. The number of aliphatic hydroxyl groups is 1. The van der Waals surface area contributed by atoms with Gasteiger partial charge in [-0.25, -0.2) is 0 Å². The lowest BCUT2D eigenvalue weighted by Crippen LogP contribution is -2.56. The van der Waals surface area contributed by atoms with Gasteiger partial charge in [0, 0.05) is 25.4 Å². The van der Waals surface area contributed by atoms with Crippen molar-refractivity contribution in [1.29, 1.82) is 0 Å². The van der Waals surface area contributed by atoms with Gasteiger partial charge in [0.05, 0.1) is 31.7 Å². The summed E-state index contributed by atoms with van der Waals surface area (Å²) >= 11 is 0. The lowest BCUT2D eigenvalue weighted by molar-refractivity contribution is -0.155. The van der Waals surface area contributed by atoms with Crippen LogP contribution in [0.3, 0.4) is 0 Å². The summed E-state index contributed by atoms with van der Waals surface area (Å²) in [4.78, 5) is 44.1. The summed E-state index contributed by atoms with van der Waals surface area (Å²) in [5.41, 5.74) is -0.495. The number of likely N-dealkylation sites (tertiary alicyclic amines) is 1. The molecule has 0 radical (unpaired) electrons. The smallest absolute Gasteiger partial charge is 0.312 e. The summed E-state index contributed by atoms with van der Waals surface area (Å²) in [6.45, 7) is 7.90. The number of rotatable bonds is 12. The summed E-state index contributed by atoms with van der Waals surface area (Å²) in [5, 5.41) is 9.48. The molecule has 1 aromatic carbocycles. The van der Waals surface area contributed by atoms with E-state index in [0.717, 1.165) is 0 Å². The van der Waals surface area contributed by atoms with Crippen LogP contribution in [-0.4, -0.2) is 79.0 Å². The number of anilines is 1. The molecule has 2 amide bonds. The van der Waals surface area contributed by atoms with Crippen molar-refractivity contribution in [2.24, 2.45) is 11.8 Å². The van der Waals surface area contributed by atoms with Gasteiger partial charge in [-0.05, 0) is 49.9 Å². The number of hydrogen-bond acceptors (Lipinski definition) is 7. The average Bonchev–Trinajstić information content (AvgIpc) is 3.53. The Labute approximate surface area is 211 Å². The fourth-order valence-corrected chi connectivity index (χ4v) is 5.88. The van der Waals surface area contributed by atoms with Gasteiger partial charge in [-0.2, -0.15) is 0 Å². The van der Waals surface area contributed by atoms with Crippen LogP contribution in [0.5, 0.6) is 5.75 Å². The molecule has 9 nitrogen and oxygen atoms in total. The van der Waals surface area contributed by atoms with Crippen LogP contribution < -0.4 is 9.64 Å². The minimum absolute atomic E-state index is 0.131. The highest BCUT2D eigenvalue weighted by Gasteiger charge is 2.75. The van der Waals surface area contributed by atoms with Gasteiger partial charge in [0.2, 0.25) is 5.91 Å². The summed E-state index contributed by atoms with van der Waals surface area (Å²) in [7, 11) is 1.57. The summed E-state index contributed by atoms with van der Waals surface area (Å²) < 4.78 is 17.1. The zero-order chi connectivity index (χ0) is 25.9. The Kier molecular flexibility index (Phi) is 7.80. The molecule has 1 aromatic rings. The molecule has 3 aliphatic heterocycles. The van der Waals surface area contributed by atoms with Crippen molar-refractivity contribution in [3.05, 3.63) is 49.6 Å². The molecule has 3 saturated heterocycles. The number of carbonyl (C=O) groups is 3.